The standard InChI is InChI=1S/C16H15FN2O4/c1-23-14-5-3-2-4-12(14)19-16(22)9-15(21)18-10-6-7-13(20)11(17)8-10/h2-8,20H,9H2,1H3,(H,18,21)(H,19,22). The maximum Gasteiger partial charge on any atom is 0.233 e. The molecule has 0 aliphatic heterocycles. The van der Waals surface area contributed by atoms with Crippen LogP contribution in [0.2, 0.25) is 0 Å². The predicted octanol–water partition coefficient (Wildman–Crippen LogP) is 2.51. The van der Waals surface area contributed by atoms with Gasteiger partial charge in [0.15, 0.2) is 11.6 Å². The number of aromatic hydroxyl groups is 1. The highest BCUT2D eigenvalue weighted by Gasteiger charge is 2.12. The number of carbonyl (C=O) groups is 2. The van der Waals surface area contributed by atoms with E-state index in [9.17, 15) is 14.0 Å². The molecule has 0 aliphatic rings. The Morgan fingerprint density at radius 2 is 1.83 bits per heavy atom. The van der Waals surface area contributed by atoms with Crippen LogP contribution in [0.3, 0.4) is 0 Å². The highest BCUT2D eigenvalue weighted by atomic mass is 19.1. The van der Waals surface area contributed by atoms with Gasteiger partial charge in [-0.2, -0.15) is 0 Å². The first kappa shape index (κ1) is 16.3. The molecule has 0 fully saturated rings. The van der Waals surface area contributed by atoms with E-state index in [-0.39, 0.29) is 5.69 Å². The van der Waals surface area contributed by atoms with E-state index < -0.39 is 29.8 Å². The Kier molecular flexibility index (Phi) is 5.14. The van der Waals surface area contributed by atoms with Crippen molar-refractivity contribution >= 4 is 23.2 Å². The highest BCUT2D eigenvalue weighted by molar-refractivity contribution is 6.08. The Labute approximate surface area is 131 Å². The highest BCUT2D eigenvalue weighted by Crippen LogP contribution is 2.23. The molecule has 0 bridgehead atoms. The van der Waals surface area contributed by atoms with Gasteiger partial charge in [0.05, 0.1) is 12.8 Å². The summed E-state index contributed by atoms with van der Waals surface area (Å²) in [5.41, 5.74) is 0.596. The van der Waals surface area contributed by atoms with E-state index in [1.54, 1.807) is 24.3 Å². The molecule has 0 atom stereocenters. The van der Waals surface area contributed by atoms with Crippen LogP contribution in [0.15, 0.2) is 42.5 Å². The van der Waals surface area contributed by atoms with E-state index in [4.69, 9.17) is 9.84 Å². The van der Waals surface area contributed by atoms with Crippen molar-refractivity contribution in [1.82, 2.24) is 0 Å². The summed E-state index contributed by atoms with van der Waals surface area (Å²) >= 11 is 0. The first-order valence-corrected chi connectivity index (χ1v) is 6.71. The zero-order chi connectivity index (χ0) is 16.8. The summed E-state index contributed by atoms with van der Waals surface area (Å²) in [6.07, 6.45) is -0.444. The smallest absolute Gasteiger partial charge is 0.233 e. The zero-order valence-electron chi connectivity index (χ0n) is 12.3. The number of benzene rings is 2. The molecule has 0 saturated carbocycles. The summed E-state index contributed by atoms with van der Waals surface area (Å²) in [6.45, 7) is 0. The van der Waals surface area contributed by atoms with E-state index in [2.05, 4.69) is 10.6 Å². The van der Waals surface area contributed by atoms with Crippen LogP contribution in [0.1, 0.15) is 6.42 Å². The predicted molar refractivity (Wildman–Crippen MR) is 82.9 cm³/mol. The van der Waals surface area contributed by atoms with Gasteiger partial charge in [0.2, 0.25) is 11.8 Å². The summed E-state index contributed by atoms with van der Waals surface area (Å²) in [4.78, 5) is 23.6. The van der Waals surface area contributed by atoms with Gasteiger partial charge < -0.3 is 20.5 Å². The number of anilines is 2. The number of rotatable bonds is 5. The van der Waals surface area contributed by atoms with Gasteiger partial charge in [0.25, 0.3) is 0 Å². The lowest BCUT2D eigenvalue weighted by Gasteiger charge is -2.10. The largest absolute Gasteiger partial charge is 0.505 e. The number of nitrogens with one attached hydrogen (secondary N) is 2. The molecular weight excluding hydrogens is 303 g/mol. The summed E-state index contributed by atoms with van der Waals surface area (Å²) in [5.74, 6) is -2.05. The maximum absolute atomic E-state index is 13.2. The fourth-order valence-corrected chi connectivity index (χ4v) is 1.88. The Hall–Kier alpha value is -3.09. The van der Waals surface area contributed by atoms with E-state index in [1.165, 1.54) is 13.2 Å². The molecule has 2 rings (SSSR count). The van der Waals surface area contributed by atoms with Crippen LogP contribution in [0.25, 0.3) is 0 Å². The molecule has 0 saturated heterocycles. The fourth-order valence-electron chi connectivity index (χ4n) is 1.88. The summed E-state index contributed by atoms with van der Waals surface area (Å²) in [5, 5.41) is 14.0. The molecule has 0 unspecified atom stereocenters. The van der Waals surface area contributed by atoms with Crippen molar-refractivity contribution in [2.75, 3.05) is 17.7 Å². The zero-order valence-corrected chi connectivity index (χ0v) is 12.3. The van der Waals surface area contributed by atoms with Gasteiger partial charge in [0.1, 0.15) is 12.2 Å². The Bertz CT molecular complexity index is 734. The van der Waals surface area contributed by atoms with E-state index in [0.29, 0.717) is 11.4 Å². The number of amides is 2. The topological polar surface area (TPSA) is 87.7 Å². The molecule has 7 heteroatoms. The lowest BCUT2D eigenvalue weighted by molar-refractivity contribution is -0.123. The van der Waals surface area contributed by atoms with Gasteiger partial charge in [-0.15, -0.1) is 0 Å². The van der Waals surface area contributed by atoms with Crippen molar-refractivity contribution in [3.63, 3.8) is 0 Å². The van der Waals surface area contributed by atoms with Crippen LogP contribution in [0.5, 0.6) is 11.5 Å². The lowest BCUT2D eigenvalue weighted by atomic mass is 10.2. The molecule has 0 aromatic heterocycles. The quantitative estimate of drug-likeness (QED) is 0.584. The van der Waals surface area contributed by atoms with Gasteiger partial charge in [-0.1, -0.05) is 12.1 Å². The van der Waals surface area contributed by atoms with E-state index in [0.717, 1.165) is 12.1 Å². The molecule has 6 nitrogen and oxygen atoms in total. The van der Waals surface area contributed by atoms with Gasteiger partial charge in [-0.05, 0) is 24.3 Å². The van der Waals surface area contributed by atoms with Gasteiger partial charge in [-0.25, -0.2) is 4.39 Å². The Morgan fingerprint density at radius 1 is 1.13 bits per heavy atom. The lowest BCUT2D eigenvalue weighted by Crippen LogP contribution is -2.21. The summed E-state index contributed by atoms with van der Waals surface area (Å²) < 4.78 is 18.3. The molecule has 0 radical (unpaired) electrons. The van der Waals surface area contributed by atoms with Crippen molar-refractivity contribution < 1.29 is 23.8 Å². The van der Waals surface area contributed by atoms with Crippen LogP contribution < -0.4 is 15.4 Å². The molecular formula is C16H15FN2O4. The molecule has 2 amide bonds. The van der Waals surface area contributed by atoms with Gasteiger partial charge in [-0.3, -0.25) is 9.59 Å². The second-order valence-electron chi connectivity index (χ2n) is 4.64. The average molecular weight is 318 g/mol. The number of halogens is 1. The van der Waals surface area contributed by atoms with Crippen molar-refractivity contribution in [2.45, 2.75) is 6.42 Å². The summed E-state index contributed by atoms with van der Waals surface area (Å²) in [7, 11) is 1.47. The van der Waals surface area contributed by atoms with Crippen molar-refractivity contribution in [3.8, 4) is 11.5 Å². The number of para-hydroxylation sites is 2. The Morgan fingerprint density at radius 3 is 2.52 bits per heavy atom. The number of hydrogen-bond donors (Lipinski definition) is 3. The summed E-state index contributed by atoms with van der Waals surface area (Å²) in [6, 6.07) is 10.2. The van der Waals surface area contributed by atoms with Crippen molar-refractivity contribution in [1.29, 1.82) is 0 Å². The molecule has 0 spiro atoms. The SMILES string of the molecule is COc1ccccc1NC(=O)CC(=O)Nc1ccc(O)c(F)c1. The number of carbonyl (C=O) groups excluding carboxylic acids is 2. The van der Waals surface area contributed by atoms with Gasteiger partial charge >= 0.3 is 0 Å². The fraction of sp³-hybridized carbons (Fsp3) is 0.125. The average Bonchev–Trinajstić information content (AvgIpc) is 2.51. The van der Waals surface area contributed by atoms with Crippen LogP contribution in [-0.4, -0.2) is 24.0 Å². The molecule has 0 aliphatic carbocycles. The number of phenolic OH excluding ortho intramolecular Hbond substituents is 1. The molecule has 3 N–H and O–H groups in total. The molecule has 23 heavy (non-hydrogen) atoms. The third-order valence-corrected chi connectivity index (χ3v) is 2.93. The Balaban J connectivity index is 1.94. The van der Waals surface area contributed by atoms with Crippen molar-refractivity contribution in [3.05, 3.63) is 48.3 Å². The molecule has 120 valence electrons. The minimum atomic E-state index is -0.860. The van der Waals surface area contributed by atoms with Crippen LogP contribution in [0, 0.1) is 5.82 Å². The third-order valence-electron chi connectivity index (χ3n) is 2.93. The minimum Gasteiger partial charge on any atom is -0.505 e. The first-order valence-electron chi connectivity index (χ1n) is 6.71. The third kappa shape index (κ3) is 4.44. The van der Waals surface area contributed by atoms with Crippen LogP contribution in [0.4, 0.5) is 15.8 Å². The molecule has 0 heterocycles. The number of ether oxygens (including phenoxy) is 1. The number of methoxy groups -OCH3 is 1. The minimum absolute atomic E-state index is 0.149. The van der Waals surface area contributed by atoms with E-state index in [1.807, 2.05) is 0 Å². The normalized spacial score (nSPS) is 10.0. The molecule has 2 aromatic carbocycles. The first-order chi connectivity index (χ1) is 11.0. The second-order valence-corrected chi connectivity index (χ2v) is 4.64. The van der Waals surface area contributed by atoms with E-state index >= 15 is 0 Å². The van der Waals surface area contributed by atoms with Crippen LogP contribution >= 0.6 is 0 Å². The monoisotopic (exact) mass is 318 g/mol. The number of phenols is 1. The van der Waals surface area contributed by atoms with Crippen LogP contribution in [-0.2, 0) is 9.59 Å². The molecule has 2 aromatic rings. The second kappa shape index (κ2) is 7.26. The van der Waals surface area contributed by atoms with Crippen molar-refractivity contribution in [2.24, 2.45) is 0 Å². The number of hydrogen-bond acceptors (Lipinski definition) is 4. The van der Waals surface area contributed by atoms with Gasteiger partial charge in [0, 0.05) is 11.8 Å². The maximum atomic E-state index is 13.2.